The van der Waals surface area contributed by atoms with Crippen molar-refractivity contribution in [1.82, 2.24) is 4.98 Å². The minimum atomic E-state index is -0.944. The number of nitrogens with zero attached hydrogens (tertiary/aromatic N) is 3. The number of carbonyl (C=O) groups excluding carboxylic acids is 1. The number of rotatable bonds is 4. The Balaban J connectivity index is 1.63. The minimum Gasteiger partial charge on any atom is -0.497 e. The van der Waals surface area contributed by atoms with Crippen molar-refractivity contribution in [3.8, 4) is 5.75 Å². The van der Waals surface area contributed by atoms with Gasteiger partial charge < -0.3 is 9.15 Å². The maximum Gasteiger partial charge on any atom is 0.297 e. The fraction of sp³-hybridized carbons (Fsp3) is 0.0800. The first-order valence-corrected chi connectivity index (χ1v) is 11.4. The van der Waals surface area contributed by atoms with Gasteiger partial charge in [0.1, 0.15) is 11.3 Å². The summed E-state index contributed by atoms with van der Waals surface area (Å²) in [4.78, 5) is 44.3. The molecule has 1 unspecified atom stereocenters. The number of nitro groups is 1. The molecule has 0 saturated carbocycles. The summed E-state index contributed by atoms with van der Waals surface area (Å²) in [6.45, 7) is 0. The number of para-hydroxylation sites is 1. The van der Waals surface area contributed by atoms with Crippen molar-refractivity contribution in [3.63, 3.8) is 0 Å². The number of non-ortho nitro benzene ring substituents is 1. The molecule has 3 aromatic carbocycles. The number of methoxy groups -OCH3 is 1. The lowest BCUT2D eigenvalue weighted by Crippen LogP contribution is -2.29. The molecule has 3 heterocycles. The highest BCUT2D eigenvalue weighted by Crippen LogP contribution is 2.44. The van der Waals surface area contributed by atoms with Crippen LogP contribution >= 0.6 is 11.3 Å². The molecule has 0 radical (unpaired) electrons. The number of amides is 1. The summed E-state index contributed by atoms with van der Waals surface area (Å²) in [5.41, 5.74) is 0.964. The second kappa shape index (κ2) is 7.74. The molecule has 0 saturated heterocycles. The fourth-order valence-corrected chi connectivity index (χ4v) is 5.38. The van der Waals surface area contributed by atoms with Crippen LogP contribution in [0.5, 0.6) is 5.75 Å². The van der Waals surface area contributed by atoms with Crippen LogP contribution in [0, 0.1) is 10.1 Å². The number of hydrogen-bond donors (Lipinski definition) is 0. The van der Waals surface area contributed by atoms with Gasteiger partial charge in [-0.1, -0.05) is 35.6 Å². The van der Waals surface area contributed by atoms with E-state index in [1.54, 1.807) is 49.6 Å². The first-order valence-electron chi connectivity index (χ1n) is 10.5. The largest absolute Gasteiger partial charge is 0.497 e. The molecule has 0 fully saturated rings. The smallest absolute Gasteiger partial charge is 0.297 e. The summed E-state index contributed by atoms with van der Waals surface area (Å²) in [7, 11) is 1.56. The number of ether oxygens (including phenoxy) is 1. The summed E-state index contributed by atoms with van der Waals surface area (Å²) < 4.78 is 12.0. The van der Waals surface area contributed by atoms with Crippen molar-refractivity contribution in [2.45, 2.75) is 6.04 Å². The lowest BCUT2D eigenvalue weighted by molar-refractivity contribution is -0.384. The third-order valence-corrected chi connectivity index (χ3v) is 6.98. The predicted molar refractivity (Wildman–Crippen MR) is 130 cm³/mol. The standard InChI is InChI=1S/C25H15N3O6S/c1-33-15-9-10-17-19(12-15)35-25(26-17)27-21(13-5-4-6-14(11-13)28(31)32)20-22(29)16-7-2-3-8-18(16)34-23(20)24(27)30/h2-12,21H,1H3. The maximum absolute atomic E-state index is 13.7. The van der Waals surface area contributed by atoms with Crippen LogP contribution in [0.15, 0.2) is 75.9 Å². The Morgan fingerprint density at radius 1 is 1.09 bits per heavy atom. The van der Waals surface area contributed by atoms with E-state index < -0.39 is 16.9 Å². The third kappa shape index (κ3) is 3.18. The average Bonchev–Trinajstić information content (AvgIpc) is 3.42. The Morgan fingerprint density at radius 2 is 1.91 bits per heavy atom. The molecule has 35 heavy (non-hydrogen) atoms. The van der Waals surface area contributed by atoms with E-state index in [9.17, 15) is 19.7 Å². The monoisotopic (exact) mass is 485 g/mol. The first-order chi connectivity index (χ1) is 17.0. The van der Waals surface area contributed by atoms with E-state index in [2.05, 4.69) is 4.98 Å². The van der Waals surface area contributed by atoms with Gasteiger partial charge in [-0.2, -0.15) is 0 Å². The van der Waals surface area contributed by atoms with Gasteiger partial charge in [0.2, 0.25) is 5.76 Å². The summed E-state index contributed by atoms with van der Waals surface area (Å²) >= 11 is 1.25. The van der Waals surface area contributed by atoms with Crippen LogP contribution in [0.3, 0.4) is 0 Å². The van der Waals surface area contributed by atoms with Crippen molar-refractivity contribution in [3.05, 3.63) is 104 Å². The molecule has 5 aromatic rings. The van der Waals surface area contributed by atoms with Gasteiger partial charge in [0.15, 0.2) is 10.6 Å². The molecule has 172 valence electrons. The lowest BCUT2D eigenvalue weighted by atomic mass is 9.98. The fourth-order valence-electron chi connectivity index (χ4n) is 4.36. The van der Waals surface area contributed by atoms with Crippen molar-refractivity contribution < 1.29 is 18.9 Å². The van der Waals surface area contributed by atoms with Gasteiger partial charge in [0, 0.05) is 12.1 Å². The van der Waals surface area contributed by atoms with Gasteiger partial charge in [-0.3, -0.25) is 24.6 Å². The Kier molecular flexibility index (Phi) is 4.64. The number of thiazole rings is 1. The summed E-state index contributed by atoms with van der Waals surface area (Å²) in [6.07, 6.45) is 0. The molecule has 1 atom stereocenters. The molecule has 1 amide bonds. The number of benzene rings is 3. The molecular formula is C25H15N3O6S. The first kappa shape index (κ1) is 21.0. The molecule has 0 bridgehead atoms. The maximum atomic E-state index is 13.7. The van der Waals surface area contributed by atoms with Gasteiger partial charge in [-0.15, -0.1) is 0 Å². The van der Waals surface area contributed by atoms with Gasteiger partial charge >= 0.3 is 0 Å². The normalized spacial score (nSPS) is 15.1. The van der Waals surface area contributed by atoms with Crippen LogP contribution in [-0.2, 0) is 0 Å². The Labute approximate surface area is 201 Å². The molecule has 9 nitrogen and oxygen atoms in total. The van der Waals surface area contributed by atoms with Crippen LogP contribution in [0.2, 0.25) is 0 Å². The third-order valence-electron chi connectivity index (χ3n) is 5.96. The van der Waals surface area contributed by atoms with E-state index in [0.717, 1.165) is 4.70 Å². The highest BCUT2D eigenvalue weighted by molar-refractivity contribution is 7.22. The predicted octanol–water partition coefficient (Wildman–Crippen LogP) is 5.07. The molecule has 10 heteroatoms. The molecule has 0 N–H and O–H groups in total. The topological polar surface area (TPSA) is 116 Å². The second-order valence-corrected chi connectivity index (χ2v) is 8.94. The zero-order valence-electron chi connectivity index (χ0n) is 18.1. The Hall–Kier alpha value is -4.57. The van der Waals surface area contributed by atoms with Crippen molar-refractivity contribution >= 4 is 49.2 Å². The minimum absolute atomic E-state index is 0.0953. The van der Waals surface area contributed by atoms with E-state index in [1.165, 1.54) is 34.4 Å². The summed E-state index contributed by atoms with van der Waals surface area (Å²) in [5.74, 6) is 0.00878. The van der Waals surface area contributed by atoms with Gasteiger partial charge in [-0.25, -0.2) is 4.98 Å². The zero-order valence-corrected chi connectivity index (χ0v) is 18.9. The Bertz CT molecular complexity index is 1740. The van der Waals surface area contributed by atoms with Gasteiger partial charge in [-0.05, 0) is 35.9 Å². The summed E-state index contributed by atoms with van der Waals surface area (Å²) in [6, 6.07) is 17.0. The number of nitro benzene ring substituents is 1. The van der Waals surface area contributed by atoms with Gasteiger partial charge in [0.25, 0.3) is 11.6 Å². The zero-order chi connectivity index (χ0) is 24.3. The van der Waals surface area contributed by atoms with Crippen LogP contribution in [-0.4, -0.2) is 22.9 Å². The quantitative estimate of drug-likeness (QED) is 0.258. The highest BCUT2D eigenvalue weighted by Gasteiger charge is 2.45. The van der Waals surface area contributed by atoms with Crippen LogP contribution in [0.4, 0.5) is 10.8 Å². The van der Waals surface area contributed by atoms with Crippen LogP contribution in [0.1, 0.15) is 27.7 Å². The molecular weight excluding hydrogens is 470 g/mol. The average molecular weight is 485 g/mol. The second-order valence-electron chi connectivity index (χ2n) is 7.93. The number of hydrogen-bond acceptors (Lipinski definition) is 8. The van der Waals surface area contributed by atoms with E-state index in [0.29, 0.717) is 32.9 Å². The number of anilines is 1. The van der Waals surface area contributed by atoms with Gasteiger partial charge in [0.05, 0.1) is 39.2 Å². The van der Waals surface area contributed by atoms with Crippen molar-refractivity contribution in [2.24, 2.45) is 0 Å². The van der Waals surface area contributed by atoms with Crippen LogP contribution in [0.25, 0.3) is 21.2 Å². The molecule has 1 aliphatic heterocycles. The van der Waals surface area contributed by atoms with E-state index in [-0.39, 0.29) is 22.4 Å². The molecule has 0 aliphatic carbocycles. The highest BCUT2D eigenvalue weighted by atomic mass is 32.1. The Morgan fingerprint density at radius 3 is 2.71 bits per heavy atom. The van der Waals surface area contributed by atoms with Crippen molar-refractivity contribution in [1.29, 1.82) is 0 Å². The van der Waals surface area contributed by atoms with Crippen molar-refractivity contribution in [2.75, 3.05) is 12.0 Å². The van der Waals surface area contributed by atoms with E-state index in [4.69, 9.17) is 9.15 Å². The van der Waals surface area contributed by atoms with E-state index in [1.807, 2.05) is 6.07 Å². The molecule has 1 aliphatic rings. The van der Waals surface area contributed by atoms with Crippen LogP contribution < -0.4 is 15.1 Å². The molecule has 6 rings (SSSR count). The molecule has 0 spiro atoms. The summed E-state index contributed by atoms with van der Waals surface area (Å²) in [5, 5.41) is 12.1. The van der Waals surface area contributed by atoms with E-state index >= 15 is 0 Å². The molecule has 2 aromatic heterocycles. The lowest BCUT2D eigenvalue weighted by Gasteiger charge is -2.22. The number of carbonyl (C=O) groups is 1. The number of aromatic nitrogens is 1. The number of fused-ring (bicyclic) bond motifs is 3. The SMILES string of the molecule is COc1ccc2nc(N3C(=O)c4oc5ccccc5c(=O)c4C3c3cccc([N+](=O)[O-])c3)sc2c1.